The van der Waals surface area contributed by atoms with Gasteiger partial charge in [0.15, 0.2) is 0 Å². The largest absolute Gasteiger partial charge is 0.508 e. The molecule has 2 amide bonds. The maximum atomic E-state index is 11.3. The Balaban J connectivity index is 1.25. The van der Waals surface area contributed by atoms with Crippen LogP contribution in [0.5, 0.6) is 11.5 Å². The summed E-state index contributed by atoms with van der Waals surface area (Å²) < 4.78 is 7.00. The maximum absolute atomic E-state index is 11.3. The Morgan fingerprint density at radius 2 is 1.87 bits per heavy atom. The Bertz CT molecular complexity index is 1460. The number of benzene rings is 3. The highest BCUT2D eigenvalue weighted by atomic mass is 32.1. The van der Waals surface area contributed by atoms with Gasteiger partial charge >= 0.3 is 6.03 Å². The predicted molar refractivity (Wildman–Crippen MR) is 153 cm³/mol. The number of urea groups is 1. The normalized spacial score (nSPS) is 17.6. The van der Waals surface area contributed by atoms with Crippen LogP contribution in [0.25, 0.3) is 20.5 Å². The zero-order valence-corrected chi connectivity index (χ0v) is 22.4. The van der Waals surface area contributed by atoms with Crippen LogP contribution in [0, 0.1) is 6.92 Å². The number of phenols is 1. The number of hydrogen-bond acceptors (Lipinski definition) is 5. The van der Waals surface area contributed by atoms with Crippen molar-refractivity contribution in [1.29, 1.82) is 0 Å². The fourth-order valence-electron chi connectivity index (χ4n) is 5.48. The van der Waals surface area contributed by atoms with Crippen molar-refractivity contribution in [1.82, 2.24) is 15.5 Å². The lowest BCUT2D eigenvalue weighted by Gasteiger charge is -2.17. The van der Waals surface area contributed by atoms with Gasteiger partial charge in [-0.15, -0.1) is 11.3 Å². The van der Waals surface area contributed by atoms with Crippen LogP contribution in [0.2, 0.25) is 0 Å². The molecular weight excluding hydrogens is 494 g/mol. The monoisotopic (exact) mass is 527 g/mol. The minimum Gasteiger partial charge on any atom is -0.508 e. The highest BCUT2D eigenvalue weighted by Crippen LogP contribution is 2.41. The first kappa shape index (κ1) is 24.8. The standard InChI is InChI=1S/C31H33N3O3S/c1-20-14-21(4-5-23(20)18-34-12-2-3-13-34)15-28-27-11-8-25(35)16-29(27)38-30(28)22-6-9-26(10-7-22)37-19-24-17-32-31(36)33-24/h4-11,14,16,24,35H,2-3,12-13,15,17-19H2,1H3,(H2,32,33,36). The Labute approximate surface area is 227 Å². The number of amides is 2. The molecule has 38 heavy (non-hydrogen) atoms. The minimum absolute atomic E-state index is 0.0192. The molecule has 2 aliphatic heterocycles. The van der Waals surface area contributed by atoms with Gasteiger partial charge in [0, 0.05) is 22.7 Å². The summed E-state index contributed by atoms with van der Waals surface area (Å²) in [7, 11) is 0. The number of hydrogen-bond donors (Lipinski definition) is 3. The average molecular weight is 528 g/mol. The zero-order chi connectivity index (χ0) is 26.1. The molecule has 2 aliphatic rings. The molecule has 4 aromatic rings. The molecule has 6 nitrogen and oxygen atoms in total. The van der Waals surface area contributed by atoms with Gasteiger partial charge in [0.05, 0.1) is 6.04 Å². The third kappa shape index (κ3) is 5.35. The van der Waals surface area contributed by atoms with Crippen LogP contribution in [0.1, 0.15) is 35.1 Å². The molecular formula is C31H33N3O3S. The molecule has 1 unspecified atom stereocenters. The molecule has 0 saturated carbocycles. The smallest absolute Gasteiger partial charge is 0.315 e. The summed E-state index contributed by atoms with van der Waals surface area (Å²) in [6.07, 6.45) is 3.45. The molecule has 2 saturated heterocycles. The summed E-state index contributed by atoms with van der Waals surface area (Å²) in [4.78, 5) is 15.1. The second kappa shape index (κ2) is 10.7. The molecule has 1 atom stereocenters. The fourth-order valence-corrected chi connectivity index (χ4v) is 6.74. The molecule has 0 aliphatic carbocycles. The van der Waals surface area contributed by atoms with E-state index in [4.69, 9.17) is 4.74 Å². The lowest BCUT2D eigenvalue weighted by molar-refractivity contribution is 0.243. The summed E-state index contributed by atoms with van der Waals surface area (Å²) in [6.45, 7) is 6.68. The number of thiophene rings is 1. The summed E-state index contributed by atoms with van der Waals surface area (Å²) in [6, 6.07) is 20.6. The van der Waals surface area contributed by atoms with Gasteiger partial charge in [-0.3, -0.25) is 4.90 Å². The Morgan fingerprint density at radius 1 is 1.05 bits per heavy atom. The summed E-state index contributed by atoms with van der Waals surface area (Å²) >= 11 is 1.72. The molecule has 0 spiro atoms. The van der Waals surface area contributed by atoms with E-state index in [1.54, 1.807) is 17.4 Å². The van der Waals surface area contributed by atoms with Crippen molar-refractivity contribution >= 4 is 27.5 Å². The van der Waals surface area contributed by atoms with Gasteiger partial charge in [-0.1, -0.05) is 18.2 Å². The van der Waals surface area contributed by atoms with Gasteiger partial charge in [-0.05, 0) is 115 Å². The Hall–Kier alpha value is -3.55. The van der Waals surface area contributed by atoms with Gasteiger partial charge in [0.25, 0.3) is 0 Å². The number of carbonyl (C=O) groups excluding carboxylic acids is 1. The van der Waals surface area contributed by atoms with Gasteiger partial charge in [0.2, 0.25) is 0 Å². The topological polar surface area (TPSA) is 73.8 Å². The average Bonchev–Trinajstić information content (AvgIpc) is 3.66. The van der Waals surface area contributed by atoms with Crippen molar-refractivity contribution in [2.24, 2.45) is 0 Å². The van der Waals surface area contributed by atoms with Gasteiger partial charge in [-0.2, -0.15) is 0 Å². The first-order valence-electron chi connectivity index (χ1n) is 13.3. The van der Waals surface area contributed by atoms with E-state index in [0.717, 1.165) is 29.0 Å². The van der Waals surface area contributed by atoms with Crippen LogP contribution in [-0.4, -0.2) is 48.3 Å². The third-order valence-electron chi connectivity index (χ3n) is 7.57. The molecule has 7 heteroatoms. The zero-order valence-electron chi connectivity index (χ0n) is 21.6. The molecule has 3 heterocycles. The van der Waals surface area contributed by atoms with Crippen LogP contribution in [0.3, 0.4) is 0 Å². The fraction of sp³-hybridized carbons (Fsp3) is 0.323. The predicted octanol–water partition coefficient (Wildman–Crippen LogP) is 5.83. The number of aromatic hydroxyl groups is 1. The van der Waals surface area contributed by atoms with E-state index in [-0.39, 0.29) is 17.8 Å². The second-order valence-electron chi connectivity index (χ2n) is 10.4. The number of aryl methyl sites for hydroxylation is 1. The maximum Gasteiger partial charge on any atom is 0.315 e. The number of carbonyl (C=O) groups is 1. The first-order chi connectivity index (χ1) is 18.5. The minimum atomic E-state index is -0.145. The Morgan fingerprint density at radius 3 is 2.61 bits per heavy atom. The SMILES string of the molecule is Cc1cc(Cc2c(-c3ccc(OCC4CNC(=O)N4)cc3)sc3cc(O)ccc23)ccc1CN1CCCC1. The van der Waals surface area contributed by atoms with Crippen LogP contribution in [0.4, 0.5) is 4.79 Å². The highest BCUT2D eigenvalue weighted by Gasteiger charge is 2.21. The van der Waals surface area contributed by atoms with Crippen molar-refractivity contribution in [2.75, 3.05) is 26.2 Å². The van der Waals surface area contributed by atoms with Crippen molar-refractivity contribution in [2.45, 2.75) is 38.8 Å². The molecule has 196 valence electrons. The van der Waals surface area contributed by atoms with Crippen molar-refractivity contribution in [3.63, 3.8) is 0 Å². The van der Waals surface area contributed by atoms with E-state index in [2.05, 4.69) is 52.8 Å². The molecule has 1 aromatic heterocycles. The molecule has 6 rings (SSSR count). The van der Waals surface area contributed by atoms with Gasteiger partial charge in [0.1, 0.15) is 18.1 Å². The lowest BCUT2D eigenvalue weighted by atomic mass is 9.96. The highest BCUT2D eigenvalue weighted by molar-refractivity contribution is 7.22. The van der Waals surface area contributed by atoms with Crippen LogP contribution < -0.4 is 15.4 Å². The lowest BCUT2D eigenvalue weighted by Crippen LogP contribution is -2.32. The summed E-state index contributed by atoms with van der Waals surface area (Å²) in [5.74, 6) is 1.07. The van der Waals surface area contributed by atoms with E-state index in [1.807, 2.05) is 24.3 Å². The van der Waals surface area contributed by atoms with Crippen molar-refractivity contribution in [3.05, 3.63) is 82.9 Å². The first-order valence-corrected chi connectivity index (χ1v) is 14.2. The third-order valence-corrected chi connectivity index (χ3v) is 8.81. The van der Waals surface area contributed by atoms with E-state index >= 15 is 0 Å². The van der Waals surface area contributed by atoms with E-state index in [1.165, 1.54) is 58.4 Å². The van der Waals surface area contributed by atoms with Crippen LogP contribution in [0.15, 0.2) is 60.7 Å². The van der Waals surface area contributed by atoms with Crippen LogP contribution in [-0.2, 0) is 13.0 Å². The quantitative estimate of drug-likeness (QED) is 0.270. The molecule has 0 bridgehead atoms. The van der Waals surface area contributed by atoms with E-state index < -0.39 is 0 Å². The Kier molecular flexibility index (Phi) is 6.96. The number of rotatable bonds is 8. The summed E-state index contributed by atoms with van der Waals surface area (Å²) in [5, 5.41) is 16.9. The molecule has 3 aromatic carbocycles. The van der Waals surface area contributed by atoms with Gasteiger partial charge in [-0.25, -0.2) is 4.79 Å². The number of nitrogens with zero attached hydrogens (tertiary/aromatic N) is 1. The number of nitrogens with one attached hydrogen (secondary N) is 2. The number of fused-ring (bicyclic) bond motifs is 1. The van der Waals surface area contributed by atoms with Crippen molar-refractivity contribution < 1.29 is 14.6 Å². The van der Waals surface area contributed by atoms with E-state index in [0.29, 0.717) is 13.2 Å². The number of phenolic OH excluding ortho intramolecular Hbond substituents is 1. The van der Waals surface area contributed by atoms with Crippen molar-refractivity contribution in [3.8, 4) is 21.9 Å². The summed E-state index contributed by atoms with van der Waals surface area (Å²) in [5.41, 5.74) is 6.48. The number of likely N-dealkylation sites (tertiary alicyclic amines) is 1. The number of ether oxygens (including phenoxy) is 1. The van der Waals surface area contributed by atoms with E-state index in [9.17, 15) is 9.90 Å². The van der Waals surface area contributed by atoms with Gasteiger partial charge < -0.3 is 20.5 Å². The molecule has 3 N–H and O–H groups in total. The molecule has 2 fully saturated rings. The van der Waals surface area contributed by atoms with Crippen LogP contribution >= 0.6 is 11.3 Å². The molecule has 0 radical (unpaired) electrons. The second-order valence-corrected chi connectivity index (χ2v) is 11.4.